The fourth-order valence-electron chi connectivity index (χ4n) is 2.60. The van der Waals surface area contributed by atoms with Crippen LogP contribution in [0.3, 0.4) is 0 Å². The van der Waals surface area contributed by atoms with Gasteiger partial charge in [0.15, 0.2) is 11.7 Å². The molecule has 32 heavy (non-hydrogen) atoms. The highest BCUT2D eigenvalue weighted by molar-refractivity contribution is 6.28. The van der Waals surface area contributed by atoms with Crippen molar-refractivity contribution in [3.63, 3.8) is 0 Å². The third kappa shape index (κ3) is 14.4. The number of aliphatic imine (C=N–C) groups is 1. The SMILES string of the molecule is CC(C)C[C@H](NC(=O)OC(C)(C)C)C(=O)NCC(=O)N[C@@H](CCCN=C(N)N)C(=O)CCl. The minimum atomic E-state index is -0.877. The van der Waals surface area contributed by atoms with Crippen LogP contribution in [0.5, 0.6) is 0 Å². The summed E-state index contributed by atoms with van der Waals surface area (Å²) in [6, 6.07) is -1.70. The molecule has 0 spiro atoms. The second-order valence-electron chi connectivity index (χ2n) is 8.72. The minimum Gasteiger partial charge on any atom is -0.444 e. The van der Waals surface area contributed by atoms with E-state index in [4.69, 9.17) is 27.8 Å². The lowest BCUT2D eigenvalue weighted by molar-refractivity contribution is -0.129. The van der Waals surface area contributed by atoms with Gasteiger partial charge in [-0.1, -0.05) is 13.8 Å². The van der Waals surface area contributed by atoms with Gasteiger partial charge in [0.1, 0.15) is 11.6 Å². The topological polar surface area (TPSA) is 178 Å². The van der Waals surface area contributed by atoms with Crippen molar-refractivity contribution in [1.82, 2.24) is 16.0 Å². The fourth-order valence-corrected chi connectivity index (χ4v) is 2.79. The van der Waals surface area contributed by atoms with Gasteiger partial charge in [0.25, 0.3) is 0 Å². The van der Waals surface area contributed by atoms with Crippen molar-refractivity contribution in [3.8, 4) is 0 Å². The number of nitrogens with two attached hydrogens (primary N) is 2. The number of guanidine groups is 1. The van der Waals surface area contributed by atoms with Crippen LogP contribution < -0.4 is 27.4 Å². The number of rotatable bonds is 13. The molecule has 0 radical (unpaired) electrons. The number of ether oxygens (including phenoxy) is 1. The number of nitrogens with one attached hydrogen (secondary N) is 3. The number of hydrogen-bond donors (Lipinski definition) is 5. The molecule has 0 aromatic heterocycles. The predicted octanol–water partition coefficient (Wildman–Crippen LogP) is 0.388. The Labute approximate surface area is 194 Å². The molecule has 0 aromatic carbocycles. The zero-order valence-corrected chi connectivity index (χ0v) is 20.3. The maximum atomic E-state index is 12.5. The zero-order valence-electron chi connectivity index (χ0n) is 19.5. The summed E-state index contributed by atoms with van der Waals surface area (Å²) < 4.78 is 5.19. The van der Waals surface area contributed by atoms with Gasteiger partial charge in [-0.25, -0.2) is 4.79 Å². The van der Waals surface area contributed by atoms with Crippen molar-refractivity contribution < 1.29 is 23.9 Å². The molecule has 3 amide bonds. The quantitative estimate of drug-likeness (QED) is 0.110. The molecule has 0 saturated carbocycles. The van der Waals surface area contributed by atoms with Crippen molar-refractivity contribution in [2.24, 2.45) is 22.4 Å². The molecule has 0 fully saturated rings. The molecule has 0 saturated heterocycles. The average molecular weight is 477 g/mol. The standard InChI is InChI=1S/C20H37ClN6O5/c1-12(2)9-14(27-19(31)32-20(3,4)5)17(30)25-11-16(29)26-13(15(28)10-21)7-6-8-24-18(22)23/h12-14H,6-11H2,1-5H3,(H,25,30)(H,26,29)(H,27,31)(H4,22,23,24)/t13-,14-/m0/s1. The first-order valence-corrected chi connectivity index (χ1v) is 11.0. The molecule has 0 unspecified atom stereocenters. The van der Waals surface area contributed by atoms with E-state index in [1.807, 2.05) is 13.8 Å². The monoisotopic (exact) mass is 476 g/mol. The summed E-state index contributed by atoms with van der Waals surface area (Å²) in [7, 11) is 0. The van der Waals surface area contributed by atoms with Gasteiger partial charge in [-0.05, 0) is 46.0 Å². The molecule has 0 bridgehead atoms. The Morgan fingerprint density at radius 3 is 2.19 bits per heavy atom. The lowest BCUT2D eigenvalue weighted by Crippen LogP contribution is -2.51. The van der Waals surface area contributed by atoms with E-state index in [0.29, 0.717) is 19.4 Å². The summed E-state index contributed by atoms with van der Waals surface area (Å²) >= 11 is 5.61. The smallest absolute Gasteiger partial charge is 0.408 e. The van der Waals surface area contributed by atoms with E-state index >= 15 is 0 Å². The Kier molecular flexibility index (Phi) is 13.3. The van der Waals surface area contributed by atoms with Crippen molar-refractivity contribution in [2.45, 2.75) is 71.6 Å². The van der Waals surface area contributed by atoms with Gasteiger partial charge >= 0.3 is 6.09 Å². The number of carbonyl (C=O) groups is 4. The number of hydrogen-bond acceptors (Lipinski definition) is 6. The summed E-state index contributed by atoms with van der Waals surface area (Å²) in [6.45, 7) is 8.86. The first kappa shape index (κ1) is 29.4. The molecule has 7 N–H and O–H groups in total. The number of alkyl carbamates (subject to hydrolysis) is 1. The molecule has 0 heterocycles. The van der Waals surface area contributed by atoms with E-state index in [1.54, 1.807) is 20.8 Å². The van der Waals surface area contributed by atoms with Crippen molar-refractivity contribution in [3.05, 3.63) is 0 Å². The summed E-state index contributed by atoms with van der Waals surface area (Å²) in [5.74, 6) is -1.69. The van der Waals surface area contributed by atoms with Crippen LogP contribution in [0.25, 0.3) is 0 Å². The maximum Gasteiger partial charge on any atom is 0.408 e. The van der Waals surface area contributed by atoms with Gasteiger partial charge < -0.3 is 32.2 Å². The molecule has 0 aliphatic heterocycles. The fraction of sp³-hybridized carbons (Fsp3) is 0.750. The first-order valence-electron chi connectivity index (χ1n) is 10.5. The Morgan fingerprint density at radius 2 is 1.69 bits per heavy atom. The van der Waals surface area contributed by atoms with E-state index in [9.17, 15) is 19.2 Å². The normalized spacial score (nSPS) is 13.0. The van der Waals surface area contributed by atoms with Gasteiger partial charge in [-0.2, -0.15) is 0 Å². The minimum absolute atomic E-state index is 0.0621. The van der Waals surface area contributed by atoms with Crippen LogP contribution in [-0.4, -0.2) is 66.3 Å². The highest BCUT2D eigenvalue weighted by Crippen LogP contribution is 2.09. The number of carbonyl (C=O) groups excluding carboxylic acids is 4. The van der Waals surface area contributed by atoms with Crippen LogP contribution in [0.2, 0.25) is 0 Å². The molecule has 12 heteroatoms. The van der Waals surface area contributed by atoms with Crippen LogP contribution in [0.1, 0.15) is 53.9 Å². The largest absolute Gasteiger partial charge is 0.444 e. The van der Waals surface area contributed by atoms with E-state index in [1.165, 1.54) is 0 Å². The summed E-state index contributed by atoms with van der Waals surface area (Å²) in [6.07, 6.45) is 0.369. The summed E-state index contributed by atoms with van der Waals surface area (Å²) in [5, 5.41) is 7.56. The molecule has 0 aromatic rings. The van der Waals surface area contributed by atoms with Crippen LogP contribution in [0.15, 0.2) is 4.99 Å². The van der Waals surface area contributed by atoms with E-state index in [0.717, 1.165) is 0 Å². The Balaban J connectivity index is 4.85. The van der Waals surface area contributed by atoms with Crippen molar-refractivity contribution in [2.75, 3.05) is 19.0 Å². The van der Waals surface area contributed by atoms with Gasteiger partial charge in [0.2, 0.25) is 11.8 Å². The van der Waals surface area contributed by atoms with Crippen molar-refractivity contribution >= 4 is 41.3 Å². The van der Waals surface area contributed by atoms with E-state index < -0.39 is 35.6 Å². The molecular weight excluding hydrogens is 440 g/mol. The third-order valence-corrected chi connectivity index (χ3v) is 4.20. The maximum absolute atomic E-state index is 12.5. The molecule has 0 rings (SSSR count). The molecule has 0 aliphatic rings. The number of amides is 3. The Bertz CT molecular complexity index is 674. The van der Waals surface area contributed by atoms with Crippen molar-refractivity contribution in [1.29, 1.82) is 0 Å². The average Bonchev–Trinajstić information content (AvgIpc) is 2.65. The van der Waals surface area contributed by atoms with Gasteiger partial charge in [-0.15, -0.1) is 11.6 Å². The van der Waals surface area contributed by atoms with Gasteiger partial charge in [0.05, 0.1) is 18.5 Å². The second-order valence-corrected chi connectivity index (χ2v) is 8.98. The zero-order chi connectivity index (χ0) is 24.9. The Hall–Kier alpha value is -2.56. The molecule has 2 atom stereocenters. The molecule has 184 valence electrons. The first-order chi connectivity index (χ1) is 14.7. The number of nitrogens with zero attached hydrogens (tertiary/aromatic N) is 1. The molecule has 11 nitrogen and oxygen atoms in total. The number of ketones is 1. The third-order valence-electron chi connectivity index (χ3n) is 3.94. The van der Waals surface area contributed by atoms with Crippen LogP contribution >= 0.6 is 11.6 Å². The van der Waals surface area contributed by atoms with E-state index in [2.05, 4.69) is 20.9 Å². The highest BCUT2D eigenvalue weighted by Gasteiger charge is 2.26. The predicted molar refractivity (Wildman–Crippen MR) is 123 cm³/mol. The summed E-state index contributed by atoms with van der Waals surface area (Å²) in [5.41, 5.74) is 9.79. The van der Waals surface area contributed by atoms with Crippen LogP contribution in [-0.2, 0) is 19.1 Å². The Morgan fingerprint density at radius 1 is 1.06 bits per heavy atom. The lowest BCUT2D eigenvalue weighted by atomic mass is 10.0. The molecular formula is C20H37ClN6O5. The summed E-state index contributed by atoms with van der Waals surface area (Å²) in [4.78, 5) is 52.7. The second kappa shape index (κ2) is 14.5. The molecule has 0 aliphatic carbocycles. The number of halogens is 1. The lowest BCUT2D eigenvalue weighted by Gasteiger charge is -2.24. The van der Waals surface area contributed by atoms with Gasteiger partial charge in [-0.3, -0.25) is 19.4 Å². The number of alkyl halides is 1. The van der Waals surface area contributed by atoms with E-state index in [-0.39, 0.29) is 36.5 Å². The van der Waals surface area contributed by atoms with Crippen LogP contribution in [0.4, 0.5) is 4.79 Å². The number of Topliss-reactive ketones (excluding diaryl/α,β-unsaturated/α-hetero) is 1. The highest BCUT2D eigenvalue weighted by atomic mass is 35.5. The van der Waals surface area contributed by atoms with Crippen LogP contribution in [0, 0.1) is 5.92 Å². The van der Waals surface area contributed by atoms with Gasteiger partial charge in [0, 0.05) is 6.54 Å².